The second-order valence-corrected chi connectivity index (χ2v) is 9.82. The second-order valence-electron chi connectivity index (χ2n) is 7.90. The minimum atomic E-state index is -4.17. The summed E-state index contributed by atoms with van der Waals surface area (Å²) in [6.07, 6.45) is 0.826. The maximum absolute atomic E-state index is 13.7. The molecule has 0 bridgehead atoms. The highest BCUT2D eigenvalue weighted by molar-refractivity contribution is 7.95. The minimum absolute atomic E-state index is 0.0177. The van der Waals surface area contributed by atoms with Crippen molar-refractivity contribution in [3.8, 4) is 5.75 Å². The number of hydrogen-bond acceptors (Lipinski definition) is 5. The van der Waals surface area contributed by atoms with E-state index in [4.69, 9.17) is 4.74 Å². The fourth-order valence-corrected chi connectivity index (χ4v) is 5.57. The minimum Gasteiger partial charge on any atom is -0.502 e. The molecule has 0 aromatic heterocycles. The molecule has 0 saturated heterocycles. The van der Waals surface area contributed by atoms with E-state index < -0.39 is 27.5 Å². The first-order chi connectivity index (χ1) is 15.8. The van der Waals surface area contributed by atoms with Crippen molar-refractivity contribution in [3.63, 3.8) is 0 Å². The molecule has 1 aliphatic rings. The first-order valence-corrected chi connectivity index (χ1v) is 12.1. The third-order valence-electron chi connectivity index (χ3n) is 5.84. The molecule has 0 unspecified atom stereocenters. The van der Waals surface area contributed by atoms with Crippen molar-refractivity contribution >= 4 is 21.4 Å². The van der Waals surface area contributed by atoms with Crippen LogP contribution in [0.3, 0.4) is 0 Å². The van der Waals surface area contributed by atoms with E-state index >= 15 is 0 Å². The fraction of sp³-hybridized carbons (Fsp3) is 0.192. The number of sulfone groups is 1. The highest BCUT2D eigenvalue weighted by Crippen LogP contribution is 2.45. The van der Waals surface area contributed by atoms with Crippen LogP contribution >= 0.6 is 0 Å². The van der Waals surface area contributed by atoms with Crippen molar-refractivity contribution in [1.82, 2.24) is 0 Å². The predicted octanol–water partition coefficient (Wildman–Crippen LogP) is 4.90. The van der Waals surface area contributed by atoms with Crippen molar-refractivity contribution < 1.29 is 23.1 Å². The van der Waals surface area contributed by atoms with Gasteiger partial charge in [0.15, 0.2) is 5.76 Å². The zero-order chi connectivity index (χ0) is 23.8. The largest absolute Gasteiger partial charge is 0.502 e. The number of ether oxygens (including phenoxy) is 1. The van der Waals surface area contributed by atoms with Gasteiger partial charge in [0.25, 0.3) is 5.91 Å². The Morgan fingerprint density at radius 1 is 0.939 bits per heavy atom. The average molecular weight is 464 g/mol. The predicted molar refractivity (Wildman–Crippen MR) is 127 cm³/mol. The highest BCUT2D eigenvalue weighted by Gasteiger charge is 2.47. The molecule has 1 heterocycles. The van der Waals surface area contributed by atoms with Crippen LogP contribution in [-0.4, -0.2) is 26.5 Å². The van der Waals surface area contributed by atoms with E-state index in [1.165, 1.54) is 24.1 Å². The van der Waals surface area contributed by atoms with Gasteiger partial charge in [-0.05, 0) is 60.9 Å². The Balaban J connectivity index is 1.90. The van der Waals surface area contributed by atoms with Gasteiger partial charge in [0, 0.05) is 5.69 Å². The van der Waals surface area contributed by atoms with Gasteiger partial charge < -0.3 is 9.84 Å². The zero-order valence-electron chi connectivity index (χ0n) is 18.6. The van der Waals surface area contributed by atoms with Crippen molar-refractivity contribution in [1.29, 1.82) is 0 Å². The van der Waals surface area contributed by atoms with Crippen LogP contribution in [0.2, 0.25) is 0 Å². The molecule has 1 amide bonds. The molecule has 0 fully saturated rings. The number of aliphatic hydroxyl groups excluding tert-OH is 1. The Morgan fingerprint density at radius 3 is 2.09 bits per heavy atom. The molecule has 6 nitrogen and oxygen atoms in total. The summed E-state index contributed by atoms with van der Waals surface area (Å²) in [5.74, 6) is -0.931. The highest BCUT2D eigenvalue weighted by atomic mass is 32.2. The van der Waals surface area contributed by atoms with Gasteiger partial charge in [0.1, 0.15) is 16.7 Å². The molecule has 7 heteroatoms. The third-order valence-corrected chi connectivity index (χ3v) is 7.72. The summed E-state index contributed by atoms with van der Waals surface area (Å²) in [5.41, 5.74) is 3.02. The third kappa shape index (κ3) is 4.00. The number of carbonyl (C=O) groups is 1. The van der Waals surface area contributed by atoms with Crippen molar-refractivity contribution in [3.05, 3.63) is 100 Å². The molecule has 0 aliphatic carbocycles. The molecule has 3 aromatic carbocycles. The van der Waals surface area contributed by atoms with Gasteiger partial charge in [-0.1, -0.05) is 48.9 Å². The summed E-state index contributed by atoms with van der Waals surface area (Å²) in [5, 5.41) is 10.9. The van der Waals surface area contributed by atoms with E-state index in [0.29, 0.717) is 17.0 Å². The summed E-state index contributed by atoms with van der Waals surface area (Å²) in [4.78, 5) is 14.3. The van der Waals surface area contributed by atoms with E-state index in [1.54, 1.807) is 48.5 Å². The molecule has 0 radical (unpaired) electrons. The van der Waals surface area contributed by atoms with Gasteiger partial charge >= 0.3 is 0 Å². The number of hydrogen-bond donors (Lipinski definition) is 1. The number of aliphatic hydroxyl groups is 1. The zero-order valence-corrected chi connectivity index (χ0v) is 19.5. The number of benzene rings is 3. The number of methoxy groups -OCH3 is 1. The molecular weight excluding hydrogens is 438 g/mol. The smallest absolute Gasteiger partial charge is 0.295 e. The van der Waals surface area contributed by atoms with Crippen molar-refractivity contribution in [2.24, 2.45) is 0 Å². The summed E-state index contributed by atoms with van der Waals surface area (Å²) >= 11 is 0. The number of carbonyl (C=O) groups excluding carboxylic acids is 1. The molecule has 170 valence electrons. The standard InChI is InChI=1S/C26H25NO5S/c1-4-18-7-11-20(12-8-18)27-23(19-9-13-21(32-3)14-10-19)25(24(28)26(27)29)33(30,31)22-15-5-17(2)6-16-22/h5-16,23,28H,4H2,1-3H3/t23-/m1/s1. The lowest BCUT2D eigenvalue weighted by Crippen LogP contribution is -2.31. The number of nitrogens with zero attached hydrogens (tertiary/aromatic N) is 1. The molecule has 4 rings (SSSR count). The molecular formula is C26H25NO5S. The van der Waals surface area contributed by atoms with E-state index in [2.05, 4.69) is 0 Å². The Kier molecular flexibility index (Phi) is 5.99. The van der Waals surface area contributed by atoms with Gasteiger partial charge in [-0.2, -0.15) is 0 Å². The van der Waals surface area contributed by atoms with E-state index in [1.807, 2.05) is 26.0 Å². The maximum Gasteiger partial charge on any atom is 0.295 e. The van der Waals surface area contributed by atoms with Gasteiger partial charge in [-0.15, -0.1) is 0 Å². The maximum atomic E-state index is 13.7. The summed E-state index contributed by atoms with van der Waals surface area (Å²) in [6, 6.07) is 19.4. The molecule has 3 aromatic rings. The molecule has 1 atom stereocenters. The van der Waals surface area contributed by atoms with Crippen LogP contribution in [0.4, 0.5) is 5.69 Å². The molecule has 1 aliphatic heterocycles. The molecule has 1 N–H and O–H groups in total. The lowest BCUT2D eigenvalue weighted by atomic mass is 10.1. The number of amides is 1. The normalized spacial score (nSPS) is 16.4. The summed E-state index contributed by atoms with van der Waals surface area (Å²) < 4.78 is 32.6. The monoisotopic (exact) mass is 463 g/mol. The van der Waals surface area contributed by atoms with Crippen LogP contribution in [0, 0.1) is 6.92 Å². The first kappa shape index (κ1) is 22.6. The topological polar surface area (TPSA) is 83.9 Å². The Bertz CT molecular complexity index is 1310. The van der Waals surface area contributed by atoms with Crippen LogP contribution in [0.5, 0.6) is 5.75 Å². The summed E-state index contributed by atoms with van der Waals surface area (Å²) in [6.45, 7) is 3.88. The van der Waals surface area contributed by atoms with E-state index in [-0.39, 0.29) is 9.80 Å². The quantitative estimate of drug-likeness (QED) is 0.562. The number of aryl methyl sites for hydroxylation is 2. The van der Waals surface area contributed by atoms with Crippen molar-refractivity contribution in [2.75, 3.05) is 12.0 Å². The Labute approximate surface area is 193 Å². The van der Waals surface area contributed by atoms with Crippen LogP contribution in [-0.2, 0) is 21.1 Å². The SMILES string of the molecule is CCc1ccc(N2C(=O)C(O)=C(S(=O)(=O)c3ccc(C)cc3)[C@H]2c2ccc(OC)cc2)cc1. The van der Waals surface area contributed by atoms with Crippen LogP contribution in [0.1, 0.15) is 29.7 Å². The number of rotatable bonds is 6. The van der Waals surface area contributed by atoms with E-state index in [9.17, 15) is 18.3 Å². The van der Waals surface area contributed by atoms with Crippen LogP contribution < -0.4 is 9.64 Å². The average Bonchev–Trinajstić information content (AvgIpc) is 3.10. The fourth-order valence-electron chi connectivity index (χ4n) is 3.95. The number of anilines is 1. The first-order valence-electron chi connectivity index (χ1n) is 10.6. The second kappa shape index (κ2) is 8.75. The molecule has 0 saturated carbocycles. The molecule has 33 heavy (non-hydrogen) atoms. The Morgan fingerprint density at radius 2 is 1.55 bits per heavy atom. The summed E-state index contributed by atoms with van der Waals surface area (Å²) in [7, 11) is -2.63. The van der Waals surface area contributed by atoms with Crippen LogP contribution in [0.25, 0.3) is 0 Å². The van der Waals surface area contributed by atoms with Gasteiger partial charge in [0.05, 0.1) is 12.0 Å². The van der Waals surface area contributed by atoms with Crippen molar-refractivity contribution in [2.45, 2.75) is 31.2 Å². The lowest BCUT2D eigenvalue weighted by molar-refractivity contribution is -0.117. The Hall–Kier alpha value is -3.58. The van der Waals surface area contributed by atoms with Crippen LogP contribution in [0.15, 0.2) is 88.4 Å². The molecule has 0 spiro atoms. The lowest BCUT2D eigenvalue weighted by Gasteiger charge is -2.27. The van der Waals surface area contributed by atoms with Gasteiger partial charge in [-0.25, -0.2) is 8.42 Å². The van der Waals surface area contributed by atoms with E-state index in [0.717, 1.165) is 17.5 Å². The van der Waals surface area contributed by atoms with Gasteiger partial charge in [-0.3, -0.25) is 9.69 Å². The van der Waals surface area contributed by atoms with Gasteiger partial charge in [0.2, 0.25) is 9.84 Å².